The summed E-state index contributed by atoms with van der Waals surface area (Å²) in [6, 6.07) is 0. The first kappa shape index (κ1) is 17.9. The minimum absolute atomic E-state index is 0.0212. The van der Waals surface area contributed by atoms with Crippen molar-refractivity contribution in [2.45, 2.75) is 20.4 Å². The van der Waals surface area contributed by atoms with Crippen LogP contribution in [-0.4, -0.2) is 48.9 Å². The SMILES string of the molecule is CC(C)Cn1ncc(NCCS(=O)(=O)N(C)C)c(Cl)c1=O. The van der Waals surface area contributed by atoms with Crippen molar-refractivity contribution in [1.82, 2.24) is 14.1 Å². The van der Waals surface area contributed by atoms with Crippen molar-refractivity contribution in [3.05, 3.63) is 21.6 Å². The highest BCUT2D eigenvalue weighted by Gasteiger charge is 2.14. The number of rotatable bonds is 7. The second-order valence-corrected chi connectivity index (χ2v) is 7.96. The Hall–Kier alpha value is -1.12. The first-order valence-electron chi connectivity index (χ1n) is 6.55. The van der Waals surface area contributed by atoms with Crippen molar-refractivity contribution >= 4 is 27.3 Å². The van der Waals surface area contributed by atoms with Crippen LogP contribution in [0.3, 0.4) is 0 Å². The summed E-state index contributed by atoms with van der Waals surface area (Å²) < 4.78 is 25.7. The van der Waals surface area contributed by atoms with Gasteiger partial charge in [-0.1, -0.05) is 25.4 Å². The number of hydrogen-bond acceptors (Lipinski definition) is 5. The first-order chi connectivity index (χ1) is 9.65. The Kier molecular flexibility index (Phi) is 6.18. The fourth-order valence-corrected chi connectivity index (χ4v) is 2.50. The van der Waals surface area contributed by atoms with E-state index in [2.05, 4.69) is 10.4 Å². The van der Waals surface area contributed by atoms with E-state index in [4.69, 9.17) is 11.6 Å². The molecular formula is C12H21ClN4O3S. The number of halogens is 1. The Bertz CT molecular complexity index is 640. The van der Waals surface area contributed by atoms with E-state index in [-0.39, 0.29) is 28.8 Å². The van der Waals surface area contributed by atoms with Gasteiger partial charge in [0.2, 0.25) is 10.0 Å². The smallest absolute Gasteiger partial charge is 0.287 e. The second-order valence-electron chi connectivity index (χ2n) is 5.28. The predicted octanol–water partition coefficient (Wildman–Crippen LogP) is 0.856. The van der Waals surface area contributed by atoms with Crippen LogP contribution in [-0.2, 0) is 16.6 Å². The molecule has 21 heavy (non-hydrogen) atoms. The number of nitrogens with zero attached hydrogens (tertiary/aromatic N) is 3. The maximum Gasteiger partial charge on any atom is 0.287 e. The van der Waals surface area contributed by atoms with E-state index in [0.29, 0.717) is 12.2 Å². The molecule has 120 valence electrons. The maximum atomic E-state index is 12.0. The molecule has 1 rings (SSSR count). The maximum absolute atomic E-state index is 12.0. The molecule has 0 amide bonds. The fourth-order valence-electron chi connectivity index (χ4n) is 1.56. The number of nitrogens with one attached hydrogen (secondary N) is 1. The molecular weight excluding hydrogens is 316 g/mol. The van der Waals surface area contributed by atoms with E-state index < -0.39 is 10.0 Å². The minimum atomic E-state index is -3.29. The molecule has 0 saturated heterocycles. The Labute approximate surface area is 130 Å². The molecule has 1 aromatic rings. The molecule has 0 aromatic carbocycles. The average Bonchev–Trinajstić information content (AvgIpc) is 2.37. The van der Waals surface area contributed by atoms with Gasteiger partial charge in [0.25, 0.3) is 5.56 Å². The van der Waals surface area contributed by atoms with Gasteiger partial charge in [0.05, 0.1) is 17.6 Å². The highest BCUT2D eigenvalue weighted by molar-refractivity contribution is 7.89. The van der Waals surface area contributed by atoms with Gasteiger partial charge >= 0.3 is 0 Å². The van der Waals surface area contributed by atoms with E-state index in [1.54, 1.807) is 0 Å². The molecule has 0 aliphatic heterocycles. The highest BCUT2D eigenvalue weighted by atomic mass is 35.5. The van der Waals surface area contributed by atoms with Crippen LogP contribution in [0.15, 0.2) is 11.0 Å². The van der Waals surface area contributed by atoms with Crippen LogP contribution in [0, 0.1) is 5.92 Å². The molecule has 1 aromatic heterocycles. The van der Waals surface area contributed by atoms with Gasteiger partial charge in [0.15, 0.2) is 0 Å². The molecule has 0 unspecified atom stereocenters. The zero-order valence-electron chi connectivity index (χ0n) is 12.6. The third-order valence-corrected chi connectivity index (χ3v) is 4.95. The number of aromatic nitrogens is 2. The van der Waals surface area contributed by atoms with Gasteiger partial charge in [-0.2, -0.15) is 5.10 Å². The summed E-state index contributed by atoms with van der Waals surface area (Å²) in [7, 11) is -0.353. The topological polar surface area (TPSA) is 84.3 Å². The van der Waals surface area contributed by atoms with E-state index in [9.17, 15) is 13.2 Å². The van der Waals surface area contributed by atoms with Crippen molar-refractivity contribution < 1.29 is 8.42 Å². The molecule has 0 bridgehead atoms. The van der Waals surface area contributed by atoms with Crippen LogP contribution in [0.1, 0.15) is 13.8 Å². The molecule has 0 spiro atoms. The lowest BCUT2D eigenvalue weighted by molar-refractivity contribution is 0.464. The standard InChI is InChI=1S/C12H21ClN4O3S/c1-9(2)8-17-12(18)11(13)10(7-15-17)14-5-6-21(19,20)16(3)4/h7,9,14H,5-6,8H2,1-4H3. The summed E-state index contributed by atoms with van der Waals surface area (Å²) in [4.78, 5) is 12.0. The van der Waals surface area contributed by atoms with Crippen LogP contribution >= 0.6 is 11.6 Å². The van der Waals surface area contributed by atoms with Crippen molar-refractivity contribution in [3.8, 4) is 0 Å². The molecule has 0 aliphatic carbocycles. The van der Waals surface area contributed by atoms with Crippen molar-refractivity contribution in [1.29, 1.82) is 0 Å². The quantitative estimate of drug-likeness (QED) is 0.798. The van der Waals surface area contributed by atoms with E-state index in [0.717, 1.165) is 4.31 Å². The molecule has 0 fully saturated rings. The van der Waals surface area contributed by atoms with Crippen LogP contribution in [0.5, 0.6) is 0 Å². The van der Waals surface area contributed by atoms with Crippen LogP contribution in [0.25, 0.3) is 0 Å². The van der Waals surface area contributed by atoms with Gasteiger partial charge in [-0.25, -0.2) is 17.4 Å². The molecule has 1 heterocycles. The molecule has 9 heteroatoms. The van der Waals surface area contributed by atoms with Gasteiger partial charge in [0, 0.05) is 27.2 Å². The molecule has 7 nitrogen and oxygen atoms in total. The second kappa shape index (κ2) is 7.24. The number of sulfonamides is 1. The lowest BCUT2D eigenvalue weighted by atomic mass is 10.2. The number of hydrogen-bond donors (Lipinski definition) is 1. The molecule has 0 atom stereocenters. The summed E-state index contributed by atoms with van der Waals surface area (Å²) in [6.07, 6.45) is 1.44. The highest BCUT2D eigenvalue weighted by Crippen LogP contribution is 2.15. The Balaban J connectivity index is 2.78. The third-order valence-electron chi connectivity index (χ3n) is 2.75. The summed E-state index contributed by atoms with van der Waals surface area (Å²) in [5.74, 6) is 0.182. The van der Waals surface area contributed by atoms with Crippen LogP contribution in [0.2, 0.25) is 5.02 Å². The van der Waals surface area contributed by atoms with Gasteiger partial charge in [-0.15, -0.1) is 0 Å². The van der Waals surface area contributed by atoms with Crippen molar-refractivity contribution in [2.24, 2.45) is 5.92 Å². The molecule has 0 saturated carbocycles. The fraction of sp³-hybridized carbons (Fsp3) is 0.667. The van der Waals surface area contributed by atoms with Gasteiger partial charge in [-0.05, 0) is 5.92 Å². The Morgan fingerprint density at radius 1 is 1.43 bits per heavy atom. The summed E-state index contributed by atoms with van der Waals surface area (Å²) in [5, 5.41) is 6.88. The van der Waals surface area contributed by atoms with Gasteiger partial charge < -0.3 is 5.32 Å². The Morgan fingerprint density at radius 3 is 2.57 bits per heavy atom. The summed E-state index contributed by atoms with van der Waals surface area (Å²) in [6.45, 7) is 4.57. The lowest BCUT2D eigenvalue weighted by Crippen LogP contribution is -2.29. The van der Waals surface area contributed by atoms with Gasteiger partial charge in [0.1, 0.15) is 5.02 Å². The summed E-state index contributed by atoms with van der Waals surface area (Å²) >= 11 is 6.00. The van der Waals surface area contributed by atoms with Crippen LogP contribution in [0.4, 0.5) is 5.69 Å². The normalized spacial score (nSPS) is 12.1. The Morgan fingerprint density at radius 2 is 2.05 bits per heavy atom. The van der Waals surface area contributed by atoms with E-state index >= 15 is 0 Å². The average molecular weight is 337 g/mol. The monoisotopic (exact) mass is 336 g/mol. The van der Waals surface area contributed by atoms with Crippen LogP contribution < -0.4 is 10.9 Å². The van der Waals surface area contributed by atoms with E-state index in [1.807, 2.05) is 13.8 Å². The van der Waals surface area contributed by atoms with Gasteiger partial charge in [-0.3, -0.25) is 4.79 Å². The predicted molar refractivity (Wildman–Crippen MR) is 84.3 cm³/mol. The number of anilines is 1. The van der Waals surface area contributed by atoms with Crippen molar-refractivity contribution in [2.75, 3.05) is 31.7 Å². The van der Waals surface area contributed by atoms with E-state index in [1.165, 1.54) is 25.0 Å². The third kappa shape index (κ3) is 4.98. The van der Waals surface area contributed by atoms with Crippen molar-refractivity contribution in [3.63, 3.8) is 0 Å². The molecule has 1 N–H and O–H groups in total. The summed E-state index contributed by atoms with van der Waals surface area (Å²) in [5.41, 5.74) is -0.0403. The largest absolute Gasteiger partial charge is 0.381 e. The molecule has 0 aliphatic rings. The lowest BCUT2D eigenvalue weighted by Gasteiger charge is -2.13. The zero-order chi connectivity index (χ0) is 16.2. The zero-order valence-corrected chi connectivity index (χ0v) is 14.2. The molecule has 0 radical (unpaired) electrons. The minimum Gasteiger partial charge on any atom is -0.381 e. The first-order valence-corrected chi connectivity index (χ1v) is 8.53.